The number of rotatable bonds is 3. The molecule has 4 nitrogen and oxygen atoms in total. The second kappa shape index (κ2) is 4.27. The molecule has 1 N–H and O–H groups in total. The van der Waals surface area contributed by atoms with Crippen molar-refractivity contribution < 1.29 is 23.4 Å². The summed E-state index contributed by atoms with van der Waals surface area (Å²) in [5.41, 5.74) is -0.572. The van der Waals surface area contributed by atoms with Crippen molar-refractivity contribution >= 4 is 5.97 Å². The van der Waals surface area contributed by atoms with Gasteiger partial charge in [0.05, 0.1) is 7.11 Å². The molecule has 0 unspecified atom stereocenters. The van der Waals surface area contributed by atoms with Crippen molar-refractivity contribution in [2.24, 2.45) is 0 Å². The van der Waals surface area contributed by atoms with Crippen LogP contribution in [-0.2, 0) is 0 Å². The summed E-state index contributed by atoms with van der Waals surface area (Å²) in [6, 6.07) is 0. The van der Waals surface area contributed by atoms with Crippen molar-refractivity contribution in [2.45, 2.75) is 25.2 Å². The topological polar surface area (TPSA) is 59.4 Å². The van der Waals surface area contributed by atoms with Crippen LogP contribution in [0.5, 0.6) is 5.75 Å². The first kappa shape index (κ1) is 11.8. The predicted octanol–water partition coefficient (Wildman–Crippen LogP) is 2.33. The Hall–Kier alpha value is -1.72. The van der Waals surface area contributed by atoms with Crippen molar-refractivity contribution in [3.8, 4) is 5.75 Å². The van der Waals surface area contributed by atoms with Crippen molar-refractivity contribution in [1.82, 2.24) is 4.98 Å². The lowest BCUT2D eigenvalue weighted by atomic mass is 9.79. The first-order valence-corrected chi connectivity index (χ1v) is 5.22. The maximum absolute atomic E-state index is 13.7. The zero-order valence-corrected chi connectivity index (χ0v) is 9.17. The number of carboxylic acid groups (broad SMARTS) is 1. The zero-order chi connectivity index (χ0) is 12.6. The van der Waals surface area contributed by atoms with E-state index >= 15 is 0 Å². The lowest BCUT2D eigenvalue weighted by Crippen LogP contribution is -2.17. The van der Waals surface area contributed by atoms with E-state index in [1.807, 2.05) is 0 Å². The van der Waals surface area contributed by atoms with E-state index in [-0.39, 0.29) is 17.2 Å². The van der Waals surface area contributed by atoms with E-state index in [2.05, 4.69) is 4.98 Å². The van der Waals surface area contributed by atoms with Crippen molar-refractivity contribution in [2.75, 3.05) is 7.11 Å². The third-order valence-corrected chi connectivity index (χ3v) is 3.01. The van der Waals surface area contributed by atoms with Crippen LogP contribution >= 0.6 is 0 Å². The van der Waals surface area contributed by atoms with Crippen LogP contribution in [0.15, 0.2) is 0 Å². The number of carbonyl (C=O) groups is 1. The zero-order valence-electron chi connectivity index (χ0n) is 9.17. The number of methoxy groups -OCH3 is 1. The normalized spacial score (nSPS) is 15.5. The molecule has 17 heavy (non-hydrogen) atoms. The molecule has 0 bridgehead atoms. The number of aromatic carboxylic acids is 1. The van der Waals surface area contributed by atoms with Gasteiger partial charge in [-0.15, -0.1) is 0 Å². The first-order chi connectivity index (χ1) is 8.06. The highest BCUT2D eigenvalue weighted by Gasteiger charge is 2.32. The number of hydrogen-bond acceptors (Lipinski definition) is 3. The molecule has 1 fully saturated rings. The molecule has 92 valence electrons. The number of nitrogens with zero attached hydrogens (tertiary/aromatic N) is 1. The molecule has 0 spiro atoms. The highest BCUT2D eigenvalue weighted by atomic mass is 19.2. The fourth-order valence-electron chi connectivity index (χ4n) is 1.95. The third kappa shape index (κ3) is 1.83. The number of pyridine rings is 1. The van der Waals surface area contributed by atoms with E-state index in [0.29, 0.717) is 12.8 Å². The fraction of sp³-hybridized carbons (Fsp3) is 0.455. The van der Waals surface area contributed by atoms with E-state index in [1.54, 1.807) is 0 Å². The summed E-state index contributed by atoms with van der Waals surface area (Å²) in [4.78, 5) is 14.0. The van der Waals surface area contributed by atoms with Crippen LogP contribution in [0.2, 0.25) is 0 Å². The SMILES string of the molecule is COc1c(C(=O)O)nc(F)c(F)c1C1CCC1. The van der Waals surface area contributed by atoms with E-state index in [4.69, 9.17) is 9.84 Å². The molecule has 1 aliphatic rings. The Bertz CT molecular complexity index is 472. The standard InChI is InChI=1S/C11H11F2NO3/c1-17-9-6(5-3-2-4-5)7(12)10(13)14-8(9)11(15)16/h5H,2-4H2,1H3,(H,15,16). The molecule has 0 amide bonds. The monoisotopic (exact) mass is 243 g/mol. The summed E-state index contributed by atoms with van der Waals surface area (Å²) in [5, 5.41) is 8.88. The predicted molar refractivity (Wildman–Crippen MR) is 54.3 cm³/mol. The number of halogens is 2. The van der Waals surface area contributed by atoms with Gasteiger partial charge in [0.1, 0.15) is 0 Å². The molecule has 2 rings (SSSR count). The second-order valence-corrected chi connectivity index (χ2v) is 3.95. The number of ether oxygens (including phenoxy) is 1. The highest BCUT2D eigenvalue weighted by molar-refractivity contribution is 5.89. The molecule has 1 aromatic rings. The van der Waals surface area contributed by atoms with E-state index in [9.17, 15) is 13.6 Å². The fourth-order valence-corrected chi connectivity index (χ4v) is 1.95. The average molecular weight is 243 g/mol. The van der Waals surface area contributed by atoms with Gasteiger partial charge < -0.3 is 9.84 Å². The minimum Gasteiger partial charge on any atom is -0.494 e. The van der Waals surface area contributed by atoms with Crippen LogP contribution in [-0.4, -0.2) is 23.2 Å². The van der Waals surface area contributed by atoms with Crippen LogP contribution in [0.1, 0.15) is 41.2 Å². The number of aromatic nitrogens is 1. The smallest absolute Gasteiger partial charge is 0.358 e. The summed E-state index contributed by atoms with van der Waals surface area (Å²) in [6.07, 6.45) is 2.32. The Morgan fingerprint density at radius 1 is 1.47 bits per heavy atom. The van der Waals surface area contributed by atoms with Crippen LogP contribution in [0, 0.1) is 11.8 Å². The molecule has 0 aromatic carbocycles. The average Bonchev–Trinajstić information content (AvgIpc) is 2.21. The van der Waals surface area contributed by atoms with E-state index < -0.39 is 23.4 Å². The summed E-state index contributed by atoms with van der Waals surface area (Å²) in [5.74, 6) is -4.26. The molecule has 0 saturated heterocycles. The highest BCUT2D eigenvalue weighted by Crippen LogP contribution is 2.43. The molecule has 0 atom stereocenters. The first-order valence-electron chi connectivity index (χ1n) is 5.22. The maximum atomic E-state index is 13.7. The van der Waals surface area contributed by atoms with Crippen molar-refractivity contribution in [3.63, 3.8) is 0 Å². The Balaban J connectivity index is 2.64. The van der Waals surface area contributed by atoms with Crippen molar-refractivity contribution in [1.29, 1.82) is 0 Å². The van der Waals surface area contributed by atoms with Crippen LogP contribution in [0.3, 0.4) is 0 Å². The molecule has 1 heterocycles. The quantitative estimate of drug-likeness (QED) is 0.828. The second-order valence-electron chi connectivity index (χ2n) is 3.95. The largest absolute Gasteiger partial charge is 0.494 e. The van der Waals surface area contributed by atoms with Crippen molar-refractivity contribution in [3.05, 3.63) is 23.0 Å². The Morgan fingerprint density at radius 2 is 2.12 bits per heavy atom. The van der Waals surface area contributed by atoms with Gasteiger partial charge in [0.2, 0.25) is 5.95 Å². The van der Waals surface area contributed by atoms with Gasteiger partial charge in [-0.25, -0.2) is 14.2 Å². The number of hydrogen-bond donors (Lipinski definition) is 1. The van der Waals surface area contributed by atoms with Gasteiger partial charge in [-0.1, -0.05) is 6.42 Å². The third-order valence-electron chi connectivity index (χ3n) is 3.01. The van der Waals surface area contributed by atoms with Gasteiger partial charge in [-0.3, -0.25) is 0 Å². The van der Waals surface area contributed by atoms with E-state index in [0.717, 1.165) is 6.42 Å². The van der Waals surface area contributed by atoms with Gasteiger partial charge in [0.25, 0.3) is 0 Å². The summed E-state index contributed by atoms with van der Waals surface area (Å²) >= 11 is 0. The Labute approximate surface area is 96.2 Å². The van der Waals surface area contributed by atoms with Gasteiger partial charge in [0.15, 0.2) is 17.3 Å². The molecule has 1 aliphatic carbocycles. The molecule has 6 heteroatoms. The molecule has 1 saturated carbocycles. The van der Waals surface area contributed by atoms with Gasteiger partial charge in [0, 0.05) is 5.56 Å². The number of carboxylic acids is 1. The summed E-state index contributed by atoms with van der Waals surface area (Å²) in [7, 11) is 1.23. The van der Waals surface area contributed by atoms with Crippen LogP contribution in [0.4, 0.5) is 8.78 Å². The minimum absolute atomic E-state index is 0.00338. The molecular weight excluding hydrogens is 232 g/mol. The van der Waals surface area contributed by atoms with Crippen LogP contribution in [0.25, 0.3) is 0 Å². The van der Waals surface area contributed by atoms with E-state index in [1.165, 1.54) is 7.11 Å². The minimum atomic E-state index is -1.43. The Morgan fingerprint density at radius 3 is 2.53 bits per heavy atom. The Kier molecular flexibility index (Phi) is 2.95. The van der Waals surface area contributed by atoms with Gasteiger partial charge in [-0.05, 0) is 18.8 Å². The molecular formula is C11H11F2NO3. The summed E-state index contributed by atoms with van der Waals surface area (Å²) in [6.45, 7) is 0. The van der Waals surface area contributed by atoms with Gasteiger partial charge in [-0.2, -0.15) is 4.39 Å². The molecule has 0 radical (unpaired) electrons. The van der Waals surface area contributed by atoms with Gasteiger partial charge >= 0.3 is 5.97 Å². The molecule has 1 aromatic heterocycles. The lowest BCUT2D eigenvalue weighted by molar-refractivity contribution is 0.0684. The maximum Gasteiger partial charge on any atom is 0.358 e. The summed E-state index contributed by atoms with van der Waals surface area (Å²) < 4.78 is 31.8. The molecule has 0 aliphatic heterocycles. The van der Waals surface area contributed by atoms with Crippen LogP contribution < -0.4 is 4.74 Å². The lowest BCUT2D eigenvalue weighted by Gasteiger charge is -2.27.